The summed E-state index contributed by atoms with van der Waals surface area (Å²) >= 11 is 1.36. The zero-order valence-electron chi connectivity index (χ0n) is 12.5. The summed E-state index contributed by atoms with van der Waals surface area (Å²) in [5.41, 5.74) is -0.140. The number of ether oxygens (including phenoxy) is 2. The third-order valence-electron chi connectivity index (χ3n) is 2.74. The normalized spacial score (nSPS) is 11.2. The Kier molecular flexibility index (Phi) is 5.71. The number of hydrogen-bond acceptors (Lipinski definition) is 5. The molecule has 0 aliphatic carbocycles. The lowest BCUT2D eigenvalue weighted by atomic mass is 10.1. The zero-order chi connectivity index (χ0) is 15.3. The fraction of sp³-hybridized carbons (Fsp3) is 0.571. The van der Waals surface area contributed by atoms with Crippen LogP contribution < -0.4 is 5.32 Å². The number of nitrogens with one attached hydrogen (secondary N) is 1. The fourth-order valence-corrected chi connectivity index (χ4v) is 2.51. The molecule has 0 radical (unpaired) electrons. The number of anilines is 1. The van der Waals surface area contributed by atoms with Gasteiger partial charge in [-0.1, -0.05) is 0 Å². The summed E-state index contributed by atoms with van der Waals surface area (Å²) in [5, 5.41) is 3.29. The van der Waals surface area contributed by atoms with Gasteiger partial charge in [-0.05, 0) is 33.8 Å². The maximum atomic E-state index is 12.0. The summed E-state index contributed by atoms with van der Waals surface area (Å²) in [4.78, 5) is 24.7. The lowest BCUT2D eigenvalue weighted by Gasteiger charge is -2.21. The van der Waals surface area contributed by atoms with Crippen LogP contribution in [-0.4, -0.2) is 31.2 Å². The molecule has 0 atom stereocenters. The number of carbonyl (C=O) groups is 2. The highest BCUT2D eigenvalue weighted by molar-refractivity contribution is 7.16. The molecular weight excluding hydrogens is 278 g/mol. The Morgan fingerprint density at radius 2 is 2.05 bits per heavy atom. The zero-order valence-corrected chi connectivity index (χ0v) is 13.3. The van der Waals surface area contributed by atoms with Gasteiger partial charge in [0.1, 0.15) is 5.00 Å². The Balaban J connectivity index is 2.82. The molecule has 0 spiro atoms. The van der Waals surface area contributed by atoms with Gasteiger partial charge in [-0.2, -0.15) is 0 Å². The standard InChI is InChI=1S/C14H21NO4S/c1-6-19-13(17)10-7-9(2)20-12(10)15-11(16)8-14(3,4)18-5/h7H,6,8H2,1-5H3,(H,15,16). The summed E-state index contributed by atoms with van der Waals surface area (Å²) < 4.78 is 10.2. The van der Waals surface area contributed by atoms with Gasteiger partial charge in [-0.25, -0.2) is 4.79 Å². The van der Waals surface area contributed by atoms with Crippen molar-refractivity contribution in [1.29, 1.82) is 0 Å². The van der Waals surface area contributed by atoms with E-state index in [0.717, 1.165) is 4.88 Å². The molecule has 6 heteroatoms. The molecule has 112 valence electrons. The summed E-state index contributed by atoms with van der Waals surface area (Å²) in [5.74, 6) is -0.609. The van der Waals surface area contributed by atoms with Crippen LogP contribution in [-0.2, 0) is 14.3 Å². The number of methoxy groups -OCH3 is 1. The molecule has 1 aromatic heterocycles. The molecule has 1 amide bonds. The van der Waals surface area contributed by atoms with Crippen molar-refractivity contribution in [2.24, 2.45) is 0 Å². The topological polar surface area (TPSA) is 64.6 Å². The van der Waals surface area contributed by atoms with Crippen LogP contribution in [0.3, 0.4) is 0 Å². The van der Waals surface area contributed by atoms with E-state index in [1.807, 2.05) is 20.8 Å². The van der Waals surface area contributed by atoms with Gasteiger partial charge in [0.05, 0.1) is 24.2 Å². The number of aryl methyl sites for hydroxylation is 1. The molecule has 1 heterocycles. The minimum absolute atomic E-state index is 0.191. The number of rotatable bonds is 6. The van der Waals surface area contributed by atoms with E-state index in [2.05, 4.69) is 5.32 Å². The molecular formula is C14H21NO4S. The van der Waals surface area contributed by atoms with E-state index < -0.39 is 11.6 Å². The molecule has 0 saturated carbocycles. The average Bonchev–Trinajstić information content (AvgIpc) is 2.69. The number of thiophene rings is 1. The van der Waals surface area contributed by atoms with Crippen LogP contribution in [0.1, 0.15) is 42.4 Å². The van der Waals surface area contributed by atoms with Crippen molar-refractivity contribution in [3.63, 3.8) is 0 Å². The monoisotopic (exact) mass is 299 g/mol. The summed E-state index contributed by atoms with van der Waals surface area (Å²) in [6.45, 7) is 7.59. The highest BCUT2D eigenvalue weighted by Crippen LogP contribution is 2.29. The van der Waals surface area contributed by atoms with E-state index in [4.69, 9.17) is 9.47 Å². The largest absolute Gasteiger partial charge is 0.462 e. The van der Waals surface area contributed by atoms with Crippen molar-refractivity contribution >= 4 is 28.2 Å². The quantitative estimate of drug-likeness (QED) is 0.820. The Bertz CT molecular complexity index is 493. The SMILES string of the molecule is CCOC(=O)c1cc(C)sc1NC(=O)CC(C)(C)OC. The Morgan fingerprint density at radius 3 is 2.60 bits per heavy atom. The van der Waals surface area contributed by atoms with E-state index >= 15 is 0 Å². The molecule has 0 aliphatic rings. The van der Waals surface area contributed by atoms with Crippen LogP contribution in [0.2, 0.25) is 0 Å². The Hall–Kier alpha value is -1.40. The van der Waals surface area contributed by atoms with Crippen molar-refractivity contribution < 1.29 is 19.1 Å². The maximum Gasteiger partial charge on any atom is 0.341 e. The molecule has 0 aliphatic heterocycles. The van der Waals surface area contributed by atoms with Crippen LogP contribution in [0, 0.1) is 6.92 Å². The van der Waals surface area contributed by atoms with Gasteiger partial charge in [0, 0.05) is 12.0 Å². The molecule has 1 aromatic rings. The Labute approximate surface area is 123 Å². The van der Waals surface area contributed by atoms with E-state index in [1.165, 1.54) is 11.3 Å². The minimum Gasteiger partial charge on any atom is -0.462 e. The fourth-order valence-electron chi connectivity index (χ4n) is 1.60. The second kappa shape index (κ2) is 6.85. The molecule has 1 rings (SSSR count). The van der Waals surface area contributed by atoms with Gasteiger partial charge in [-0.15, -0.1) is 11.3 Å². The van der Waals surface area contributed by atoms with Crippen LogP contribution in [0.5, 0.6) is 0 Å². The number of esters is 1. The van der Waals surface area contributed by atoms with E-state index in [1.54, 1.807) is 20.1 Å². The first-order valence-electron chi connectivity index (χ1n) is 6.41. The van der Waals surface area contributed by atoms with Crippen molar-refractivity contribution in [3.05, 3.63) is 16.5 Å². The predicted octanol–water partition coefficient (Wildman–Crippen LogP) is 2.99. The van der Waals surface area contributed by atoms with Crippen molar-refractivity contribution in [2.75, 3.05) is 19.0 Å². The number of hydrogen-bond donors (Lipinski definition) is 1. The average molecular weight is 299 g/mol. The van der Waals surface area contributed by atoms with Gasteiger partial charge in [-0.3, -0.25) is 4.79 Å². The van der Waals surface area contributed by atoms with Gasteiger partial charge < -0.3 is 14.8 Å². The van der Waals surface area contributed by atoms with E-state index in [0.29, 0.717) is 17.2 Å². The highest BCUT2D eigenvalue weighted by Gasteiger charge is 2.23. The van der Waals surface area contributed by atoms with Crippen molar-refractivity contribution in [1.82, 2.24) is 0 Å². The second-order valence-corrected chi connectivity index (χ2v) is 6.27. The third kappa shape index (κ3) is 4.61. The first kappa shape index (κ1) is 16.7. The van der Waals surface area contributed by atoms with Crippen molar-refractivity contribution in [2.45, 2.75) is 39.7 Å². The van der Waals surface area contributed by atoms with Crippen molar-refractivity contribution in [3.8, 4) is 0 Å². The lowest BCUT2D eigenvalue weighted by Crippen LogP contribution is -2.29. The highest BCUT2D eigenvalue weighted by atomic mass is 32.1. The summed E-state index contributed by atoms with van der Waals surface area (Å²) in [6, 6.07) is 1.72. The molecule has 0 fully saturated rings. The summed E-state index contributed by atoms with van der Waals surface area (Å²) in [7, 11) is 1.56. The third-order valence-corrected chi connectivity index (χ3v) is 3.71. The smallest absolute Gasteiger partial charge is 0.341 e. The molecule has 5 nitrogen and oxygen atoms in total. The van der Waals surface area contributed by atoms with Gasteiger partial charge in [0.15, 0.2) is 0 Å². The lowest BCUT2D eigenvalue weighted by molar-refractivity contribution is -0.121. The van der Waals surface area contributed by atoms with E-state index in [-0.39, 0.29) is 12.3 Å². The second-order valence-electron chi connectivity index (χ2n) is 5.01. The number of carbonyl (C=O) groups excluding carboxylic acids is 2. The first-order chi connectivity index (χ1) is 9.29. The molecule has 0 saturated heterocycles. The van der Waals surface area contributed by atoms with Gasteiger partial charge >= 0.3 is 5.97 Å². The van der Waals surface area contributed by atoms with Crippen LogP contribution >= 0.6 is 11.3 Å². The minimum atomic E-state index is -0.541. The first-order valence-corrected chi connectivity index (χ1v) is 7.23. The van der Waals surface area contributed by atoms with E-state index in [9.17, 15) is 9.59 Å². The Morgan fingerprint density at radius 1 is 1.40 bits per heavy atom. The summed E-state index contributed by atoms with van der Waals surface area (Å²) in [6.07, 6.45) is 0.211. The van der Waals surface area contributed by atoms with Gasteiger partial charge in [0.25, 0.3) is 0 Å². The number of amides is 1. The maximum absolute atomic E-state index is 12.0. The molecule has 1 N–H and O–H groups in total. The van der Waals surface area contributed by atoms with Crippen LogP contribution in [0.15, 0.2) is 6.07 Å². The molecule has 0 bridgehead atoms. The van der Waals surface area contributed by atoms with Crippen LogP contribution in [0.25, 0.3) is 0 Å². The molecule has 0 aromatic carbocycles. The molecule has 20 heavy (non-hydrogen) atoms. The predicted molar refractivity (Wildman–Crippen MR) is 79.3 cm³/mol. The van der Waals surface area contributed by atoms with Gasteiger partial charge in [0.2, 0.25) is 5.91 Å². The van der Waals surface area contributed by atoms with Crippen LogP contribution in [0.4, 0.5) is 5.00 Å². The molecule has 0 unspecified atom stereocenters.